The van der Waals surface area contributed by atoms with E-state index in [9.17, 15) is 18.0 Å². The molecule has 7 heteroatoms. The van der Waals surface area contributed by atoms with Crippen LogP contribution in [0, 0.1) is 0 Å². The summed E-state index contributed by atoms with van der Waals surface area (Å²) in [5.41, 5.74) is -0.555. The van der Waals surface area contributed by atoms with Gasteiger partial charge >= 0.3 is 12.3 Å². The molecular weight excluding hydrogens is 297 g/mol. The average molecular weight is 326 g/mol. The monoisotopic (exact) mass is 326 g/mol. The van der Waals surface area contributed by atoms with Crippen LogP contribution in [0.3, 0.4) is 0 Å². The summed E-state index contributed by atoms with van der Waals surface area (Å²) in [6.07, 6.45) is -4.07. The Labute approximate surface area is 131 Å². The van der Waals surface area contributed by atoms with E-state index >= 15 is 0 Å². The molecule has 0 rings (SSSR count). The van der Waals surface area contributed by atoms with Gasteiger partial charge in [-0.25, -0.2) is 4.79 Å². The molecule has 0 aliphatic rings. The molecule has 2 N–H and O–H groups in total. The maximum absolute atomic E-state index is 12.1. The van der Waals surface area contributed by atoms with E-state index in [2.05, 4.69) is 10.6 Å². The maximum Gasteiger partial charge on any atom is 0.407 e. The molecule has 0 spiro atoms. The summed E-state index contributed by atoms with van der Waals surface area (Å²) >= 11 is 0. The van der Waals surface area contributed by atoms with Crippen LogP contribution in [0.15, 0.2) is 0 Å². The second kappa shape index (κ2) is 9.22. The molecular formula is C15H29F3N2O2. The molecule has 4 nitrogen and oxygen atoms in total. The standard InChI is InChI=1S/C15H29F3N2O2/c1-6-12(20-13(21)22-14(3,4)5)10-19-11(2)8-7-9-15(16,17)18/h11-12,19H,6-10H2,1-5H3,(H,20,21). The summed E-state index contributed by atoms with van der Waals surface area (Å²) in [5.74, 6) is 0. The summed E-state index contributed by atoms with van der Waals surface area (Å²) < 4.78 is 41.4. The van der Waals surface area contributed by atoms with Crippen LogP contribution < -0.4 is 10.6 Å². The van der Waals surface area contributed by atoms with Gasteiger partial charge in [-0.2, -0.15) is 13.2 Å². The highest BCUT2D eigenvalue weighted by molar-refractivity contribution is 5.68. The lowest BCUT2D eigenvalue weighted by Crippen LogP contribution is -2.45. The number of amides is 1. The largest absolute Gasteiger partial charge is 0.444 e. The summed E-state index contributed by atoms with van der Waals surface area (Å²) in [7, 11) is 0. The van der Waals surface area contributed by atoms with E-state index in [1.54, 1.807) is 20.8 Å². The van der Waals surface area contributed by atoms with Crippen LogP contribution in [-0.2, 0) is 4.74 Å². The third-order valence-corrected chi connectivity index (χ3v) is 3.02. The third kappa shape index (κ3) is 12.7. The molecule has 2 atom stereocenters. The van der Waals surface area contributed by atoms with Crippen molar-refractivity contribution in [2.75, 3.05) is 6.54 Å². The molecule has 0 aromatic carbocycles. The van der Waals surface area contributed by atoms with Crippen molar-refractivity contribution in [2.45, 2.75) is 84.2 Å². The van der Waals surface area contributed by atoms with Crippen molar-refractivity contribution >= 4 is 6.09 Å². The zero-order valence-corrected chi connectivity index (χ0v) is 14.1. The van der Waals surface area contributed by atoms with E-state index in [-0.39, 0.29) is 18.5 Å². The second-order valence-electron chi connectivity index (χ2n) is 6.57. The molecule has 1 amide bonds. The van der Waals surface area contributed by atoms with Crippen LogP contribution in [0.4, 0.5) is 18.0 Å². The van der Waals surface area contributed by atoms with Crippen LogP contribution in [0.2, 0.25) is 0 Å². The second-order valence-corrected chi connectivity index (χ2v) is 6.57. The minimum absolute atomic E-state index is 0.0307. The number of alkyl halides is 3. The first kappa shape index (κ1) is 21.0. The number of carbonyl (C=O) groups is 1. The zero-order chi connectivity index (χ0) is 17.4. The minimum atomic E-state index is -4.09. The third-order valence-electron chi connectivity index (χ3n) is 3.02. The molecule has 132 valence electrons. The number of hydrogen-bond acceptors (Lipinski definition) is 3. The highest BCUT2D eigenvalue weighted by Crippen LogP contribution is 2.22. The van der Waals surface area contributed by atoms with Gasteiger partial charge in [0.2, 0.25) is 0 Å². The Bertz CT molecular complexity index is 328. The zero-order valence-electron chi connectivity index (χ0n) is 14.1. The highest BCUT2D eigenvalue weighted by Gasteiger charge is 2.26. The fraction of sp³-hybridized carbons (Fsp3) is 0.933. The number of hydrogen-bond donors (Lipinski definition) is 2. The van der Waals surface area contributed by atoms with Gasteiger partial charge in [0.1, 0.15) is 5.60 Å². The molecule has 22 heavy (non-hydrogen) atoms. The Morgan fingerprint density at radius 1 is 1.23 bits per heavy atom. The van der Waals surface area contributed by atoms with Crippen LogP contribution in [0.5, 0.6) is 0 Å². The van der Waals surface area contributed by atoms with Crippen molar-refractivity contribution < 1.29 is 22.7 Å². The topological polar surface area (TPSA) is 50.4 Å². The fourth-order valence-corrected chi connectivity index (χ4v) is 1.83. The molecule has 0 saturated carbocycles. The van der Waals surface area contributed by atoms with E-state index in [0.717, 1.165) is 0 Å². The van der Waals surface area contributed by atoms with Gasteiger partial charge in [0.15, 0.2) is 0 Å². The molecule has 0 bridgehead atoms. The first-order valence-electron chi connectivity index (χ1n) is 7.72. The van der Waals surface area contributed by atoms with Crippen molar-refractivity contribution in [3.8, 4) is 0 Å². The van der Waals surface area contributed by atoms with Gasteiger partial charge in [-0.05, 0) is 47.0 Å². The lowest BCUT2D eigenvalue weighted by Gasteiger charge is -2.24. The lowest BCUT2D eigenvalue weighted by atomic mass is 10.1. The van der Waals surface area contributed by atoms with Crippen molar-refractivity contribution in [1.82, 2.24) is 10.6 Å². The molecule has 0 fully saturated rings. The predicted octanol–water partition coefficient (Wildman–Crippen LogP) is 4.00. The van der Waals surface area contributed by atoms with Gasteiger partial charge < -0.3 is 15.4 Å². The molecule has 0 radical (unpaired) electrons. The van der Waals surface area contributed by atoms with E-state index < -0.39 is 24.3 Å². The first-order chi connectivity index (χ1) is 9.93. The number of carbonyl (C=O) groups excluding carboxylic acids is 1. The summed E-state index contributed by atoms with van der Waals surface area (Å²) in [6, 6.07) is -0.142. The Morgan fingerprint density at radius 2 is 1.82 bits per heavy atom. The molecule has 2 unspecified atom stereocenters. The van der Waals surface area contributed by atoms with Crippen molar-refractivity contribution in [2.24, 2.45) is 0 Å². The maximum atomic E-state index is 12.1. The van der Waals surface area contributed by atoms with E-state index in [1.165, 1.54) is 0 Å². The highest BCUT2D eigenvalue weighted by atomic mass is 19.4. The fourth-order valence-electron chi connectivity index (χ4n) is 1.83. The summed E-state index contributed by atoms with van der Waals surface area (Å²) in [4.78, 5) is 11.7. The van der Waals surface area contributed by atoms with Gasteiger partial charge in [-0.3, -0.25) is 0 Å². The number of ether oxygens (including phenoxy) is 1. The Kier molecular flexibility index (Phi) is 8.81. The van der Waals surface area contributed by atoms with Crippen molar-refractivity contribution in [3.63, 3.8) is 0 Å². The molecule has 0 aromatic heterocycles. The Morgan fingerprint density at radius 3 is 2.27 bits per heavy atom. The van der Waals surface area contributed by atoms with Gasteiger partial charge in [-0.1, -0.05) is 6.92 Å². The Balaban J connectivity index is 4.00. The lowest BCUT2D eigenvalue weighted by molar-refractivity contribution is -0.135. The molecule has 0 aliphatic carbocycles. The van der Waals surface area contributed by atoms with Crippen LogP contribution in [-0.4, -0.2) is 36.5 Å². The molecule has 0 saturated heterocycles. The normalized spacial score (nSPS) is 15.3. The van der Waals surface area contributed by atoms with Crippen LogP contribution >= 0.6 is 0 Å². The molecule has 0 heterocycles. The predicted molar refractivity (Wildman–Crippen MR) is 80.8 cm³/mol. The van der Waals surface area contributed by atoms with Crippen molar-refractivity contribution in [3.05, 3.63) is 0 Å². The van der Waals surface area contributed by atoms with Crippen LogP contribution in [0.1, 0.15) is 60.3 Å². The first-order valence-corrected chi connectivity index (χ1v) is 7.72. The van der Waals surface area contributed by atoms with E-state index in [0.29, 0.717) is 19.4 Å². The Hall–Kier alpha value is -0.980. The van der Waals surface area contributed by atoms with E-state index in [1.807, 2.05) is 13.8 Å². The quantitative estimate of drug-likeness (QED) is 0.709. The number of alkyl carbamates (subject to hydrolysis) is 1. The van der Waals surface area contributed by atoms with Crippen LogP contribution in [0.25, 0.3) is 0 Å². The van der Waals surface area contributed by atoms with Gasteiger partial charge in [-0.15, -0.1) is 0 Å². The number of halogens is 3. The minimum Gasteiger partial charge on any atom is -0.444 e. The number of rotatable bonds is 8. The van der Waals surface area contributed by atoms with Crippen molar-refractivity contribution in [1.29, 1.82) is 0 Å². The van der Waals surface area contributed by atoms with Gasteiger partial charge in [0.05, 0.1) is 0 Å². The molecule has 0 aliphatic heterocycles. The van der Waals surface area contributed by atoms with Gasteiger partial charge in [0.25, 0.3) is 0 Å². The number of nitrogens with one attached hydrogen (secondary N) is 2. The average Bonchev–Trinajstić information content (AvgIpc) is 2.30. The van der Waals surface area contributed by atoms with E-state index in [4.69, 9.17) is 4.74 Å². The smallest absolute Gasteiger partial charge is 0.407 e. The summed E-state index contributed by atoms with van der Waals surface area (Å²) in [5, 5.41) is 5.91. The molecule has 0 aromatic rings. The SMILES string of the molecule is CCC(CNC(C)CCCC(F)(F)F)NC(=O)OC(C)(C)C. The summed E-state index contributed by atoms with van der Waals surface area (Å²) in [6.45, 7) is 9.63. The van der Waals surface area contributed by atoms with Gasteiger partial charge in [0, 0.05) is 25.0 Å².